The monoisotopic (exact) mass is 283 g/mol. The van der Waals surface area contributed by atoms with E-state index in [9.17, 15) is 15.3 Å². The Labute approximate surface area is 118 Å². The quantitative estimate of drug-likeness (QED) is 0.615. The van der Waals surface area contributed by atoms with E-state index in [1.165, 1.54) is 7.11 Å². The lowest BCUT2D eigenvalue weighted by atomic mass is 9.96. The van der Waals surface area contributed by atoms with Crippen LogP contribution in [-0.4, -0.2) is 59.7 Å². The van der Waals surface area contributed by atoms with Gasteiger partial charge in [-0.05, 0) is 19.1 Å². The number of benzene rings is 1. The highest BCUT2D eigenvalue weighted by atomic mass is 16.7. The van der Waals surface area contributed by atoms with Crippen LogP contribution >= 0.6 is 0 Å². The minimum Gasteiger partial charge on any atom is -0.394 e. The summed E-state index contributed by atoms with van der Waals surface area (Å²) < 4.78 is 10.3. The Kier molecular flexibility index (Phi) is 4.95. The fourth-order valence-corrected chi connectivity index (χ4v) is 2.29. The molecule has 6 heteroatoms. The van der Waals surface area contributed by atoms with Gasteiger partial charge in [0.2, 0.25) is 0 Å². The Morgan fingerprint density at radius 2 is 1.85 bits per heavy atom. The first-order valence-electron chi connectivity index (χ1n) is 6.55. The van der Waals surface area contributed by atoms with Crippen LogP contribution in [0, 0.1) is 6.92 Å². The zero-order valence-corrected chi connectivity index (χ0v) is 11.6. The van der Waals surface area contributed by atoms with E-state index in [4.69, 9.17) is 9.47 Å². The number of aliphatic hydroxyl groups is 3. The summed E-state index contributed by atoms with van der Waals surface area (Å²) in [5.41, 5.74) is 1.89. The van der Waals surface area contributed by atoms with Crippen LogP contribution in [-0.2, 0) is 9.47 Å². The Hall–Kier alpha value is -1.18. The van der Waals surface area contributed by atoms with Gasteiger partial charge in [0.15, 0.2) is 6.29 Å². The molecule has 1 aromatic carbocycles. The van der Waals surface area contributed by atoms with Crippen LogP contribution in [0.5, 0.6) is 0 Å². The second-order valence-corrected chi connectivity index (χ2v) is 4.98. The number of nitrogens with one attached hydrogen (secondary N) is 1. The SMILES string of the molecule is CO[C@@H]1O[C@H](CO)[C@H](O)[C@@H](Nc2ccc(C)cc2)[C@H]1O. The maximum atomic E-state index is 10.2. The van der Waals surface area contributed by atoms with Gasteiger partial charge in [0, 0.05) is 12.8 Å². The molecular formula is C14H21NO5. The van der Waals surface area contributed by atoms with E-state index in [0.717, 1.165) is 11.3 Å². The van der Waals surface area contributed by atoms with Crippen molar-refractivity contribution in [3.8, 4) is 0 Å². The molecule has 1 aromatic rings. The smallest absolute Gasteiger partial charge is 0.185 e. The van der Waals surface area contributed by atoms with Gasteiger partial charge >= 0.3 is 0 Å². The van der Waals surface area contributed by atoms with Crippen molar-refractivity contribution < 1.29 is 24.8 Å². The van der Waals surface area contributed by atoms with Crippen LogP contribution in [0.25, 0.3) is 0 Å². The molecule has 112 valence electrons. The van der Waals surface area contributed by atoms with Gasteiger partial charge in [0.25, 0.3) is 0 Å². The van der Waals surface area contributed by atoms with Gasteiger partial charge < -0.3 is 30.1 Å². The molecule has 1 saturated heterocycles. The number of hydrogen-bond donors (Lipinski definition) is 4. The van der Waals surface area contributed by atoms with Gasteiger partial charge in [-0.25, -0.2) is 0 Å². The van der Waals surface area contributed by atoms with Gasteiger partial charge in [-0.1, -0.05) is 17.7 Å². The highest BCUT2D eigenvalue weighted by molar-refractivity contribution is 5.46. The van der Waals surface area contributed by atoms with Crippen LogP contribution in [0.4, 0.5) is 5.69 Å². The number of aliphatic hydroxyl groups excluding tert-OH is 3. The first kappa shape index (κ1) is 15.2. The molecule has 6 nitrogen and oxygen atoms in total. The lowest BCUT2D eigenvalue weighted by Gasteiger charge is -2.42. The molecule has 0 unspecified atom stereocenters. The van der Waals surface area contributed by atoms with E-state index in [1.807, 2.05) is 31.2 Å². The molecule has 0 spiro atoms. The summed E-state index contributed by atoms with van der Waals surface area (Å²) >= 11 is 0. The first-order valence-corrected chi connectivity index (χ1v) is 6.55. The summed E-state index contributed by atoms with van der Waals surface area (Å²) in [6, 6.07) is 6.89. The predicted molar refractivity (Wildman–Crippen MR) is 73.4 cm³/mol. The average Bonchev–Trinajstić information content (AvgIpc) is 2.46. The minimum absolute atomic E-state index is 0.347. The predicted octanol–water partition coefficient (Wildman–Crippen LogP) is -0.139. The second-order valence-electron chi connectivity index (χ2n) is 4.98. The third-order valence-corrected chi connectivity index (χ3v) is 3.50. The van der Waals surface area contributed by atoms with E-state index in [1.54, 1.807) is 0 Å². The summed E-state index contributed by atoms with van der Waals surface area (Å²) in [5.74, 6) is 0. The van der Waals surface area contributed by atoms with E-state index < -0.39 is 30.6 Å². The van der Waals surface area contributed by atoms with E-state index in [-0.39, 0.29) is 6.61 Å². The highest BCUT2D eigenvalue weighted by Gasteiger charge is 2.44. The topological polar surface area (TPSA) is 91.2 Å². The van der Waals surface area contributed by atoms with E-state index >= 15 is 0 Å². The molecule has 0 aromatic heterocycles. The molecule has 0 saturated carbocycles. The molecule has 5 atom stereocenters. The van der Waals surface area contributed by atoms with Crippen molar-refractivity contribution in [2.45, 2.75) is 37.6 Å². The molecule has 0 radical (unpaired) electrons. The summed E-state index contributed by atoms with van der Waals surface area (Å²) in [6.07, 6.45) is -3.77. The number of anilines is 1. The Morgan fingerprint density at radius 3 is 2.40 bits per heavy atom. The van der Waals surface area contributed by atoms with Crippen molar-refractivity contribution in [3.63, 3.8) is 0 Å². The van der Waals surface area contributed by atoms with Gasteiger partial charge in [-0.3, -0.25) is 0 Å². The van der Waals surface area contributed by atoms with Crippen LogP contribution in [0.2, 0.25) is 0 Å². The van der Waals surface area contributed by atoms with Crippen molar-refractivity contribution in [1.82, 2.24) is 0 Å². The number of ether oxygens (including phenoxy) is 2. The van der Waals surface area contributed by atoms with Crippen LogP contribution in [0.15, 0.2) is 24.3 Å². The van der Waals surface area contributed by atoms with Crippen molar-refractivity contribution in [2.75, 3.05) is 19.0 Å². The number of aryl methyl sites for hydroxylation is 1. The van der Waals surface area contributed by atoms with Gasteiger partial charge in [-0.2, -0.15) is 0 Å². The molecule has 1 fully saturated rings. The Morgan fingerprint density at radius 1 is 1.20 bits per heavy atom. The molecule has 0 aliphatic carbocycles. The second kappa shape index (κ2) is 6.51. The maximum absolute atomic E-state index is 10.2. The van der Waals surface area contributed by atoms with Gasteiger partial charge in [0.1, 0.15) is 18.3 Å². The van der Waals surface area contributed by atoms with E-state index in [0.29, 0.717) is 0 Å². The van der Waals surface area contributed by atoms with Crippen molar-refractivity contribution in [1.29, 1.82) is 0 Å². The summed E-state index contributed by atoms with van der Waals surface area (Å²) in [6.45, 7) is 1.63. The summed E-state index contributed by atoms with van der Waals surface area (Å²) in [4.78, 5) is 0. The zero-order chi connectivity index (χ0) is 14.7. The third kappa shape index (κ3) is 3.11. The van der Waals surface area contributed by atoms with Gasteiger partial charge in [-0.15, -0.1) is 0 Å². The molecule has 1 heterocycles. The zero-order valence-electron chi connectivity index (χ0n) is 11.6. The molecule has 1 aliphatic heterocycles. The Bertz CT molecular complexity index is 408. The molecule has 1 aliphatic rings. The first-order chi connectivity index (χ1) is 9.56. The third-order valence-electron chi connectivity index (χ3n) is 3.50. The van der Waals surface area contributed by atoms with Crippen molar-refractivity contribution >= 4 is 5.69 Å². The highest BCUT2D eigenvalue weighted by Crippen LogP contribution is 2.24. The van der Waals surface area contributed by atoms with Crippen LogP contribution in [0.3, 0.4) is 0 Å². The molecule has 0 bridgehead atoms. The summed E-state index contributed by atoms with van der Waals surface area (Å²) in [5, 5.41) is 32.6. The van der Waals surface area contributed by atoms with Crippen molar-refractivity contribution in [3.05, 3.63) is 29.8 Å². The fourth-order valence-electron chi connectivity index (χ4n) is 2.29. The molecule has 2 rings (SSSR count). The summed E-state index contributed by atoms with van der Waals surface area (Å²) in [7, 11) is 1.41. The lowest BCUT2D eigenvalue weighted by molar-refractivity contribution is -0.265. The Balaban J connectivity index is 2.15. The van der Waals surface area contributed by atoms with E-state index in [2.05, 4.69) is 5.32 Å². The minimum atomic E-state index is -1.04. The van der Waals surface area contributed by atoms with Crippen LogP contribution < -0.4 is 5.32 Å². The largest absolute Gasteiger partial charge is 0.394 e. The maximum Gasteiger partial charge on any atom is 0.185 e. The molecule has 20 heavy (non-hydrogen) atoms. The lowest BCUT2D eigenvalue weighted by Crippen LogP contribution is -2.61. The van der Waals surface area contributed by atoms with Gasteiger partial charge in [0.05, 0.1) is 12.6 Å². The van der Waals surface area contributed by atoms with Crippen LogP contribution in [0.1, 0.15) is 5.56 Å². The average molecular weight is 283 g/mol. The molecule has 4 N–H and O–H groups in total. The van der Waals surface area contributed by atoms with Crippen molar-refractivity contribution in [2.24, 2.45) is 0 Å². The fraction of sp³-hybridized carbons (Fsp3) is 0.571. The normalized spacial score (nSPS) is 34.0. The number of hydrogen-bond acceptors (Lipinski definition) is 6. The number of methoxy groups -OCH3 is 1. The number of rotatable bonds is 4. The molecular weight excluding hydrogens is 262 g/mol. The molecule has 0 amide bonds. The standard InChI is InChI=1S/C14H21NO5/c1-8-3-5-9(6-4-8)15-11-12(17)10(7-16)20-14(19-2)13(11)18/h3-6,10-18H,7H2,1-2H3/t10-,11-,12+,13-,14-/m1/s1.